The largest absolute Gasteiger partial charge is 0.360 e. The number of para-hydroxylation sites is 1. The number of fused-ring (bicyclic) bond motifs is 1. The number of H-pyrrole nitrogens is 1. The highest BCUT2D eigenvalue weighted by atomic mass is 35.5. The Morgan fingerprint density at radius 2 is 2.00 bits per heavy atom. The van der Waals surface area contributed by atoms with Gasteiger partial charge in [0, 0.05) is 47.9 Å². The molecule has 0 spiro atoms. The minimum Gasteiger partial charge on any atom is -0.360 e. The molecule has 174 valence electrons. The molecule has 3 aromatic heterocycles. The van der Waals surface area contributed by atoms with Crippen molar-refractivity contribution in [3.8, 4) is 11.3 Å². The number of aromatic amines is 1. The number of halogens is 1. The minimum atomic E-state index is -0.240. The summed E-state index contributed by atoms with van der Waals surface area (Å²) in [6, 6.07) is 17.6. The summed E-state index contributed by atoms with van der Waals surface area (Å²) in [6.45, 7) is 3.46. The van der Waals surface area contributed by atoms with Crippen LogP contribution in [0.3, 0.4) is 0 Å². The Hall–Kier alpha value is -4.43. The van der Waals surface area contributed by atoms with Gasteiger partial charge in [-0.15, -0.1) is 0 Å². The third-order valence-corrected chi connectivity index (χ3v) is 5.83. The Labute approximate surface area is 206 Å². The van der Waals surface area contributed by atoms with Gasteiger partial charge < -0.3 is 15.6 Å². The molecule has 0 radical (unpaired) electrons. The van der Waals surface area contributed by atoms with Crippen molar-refractivity contribution in [1.82, 2.24) is 24.7 Å². The fourth-order valence-electron chi connectivity index (χ4n) is 3.84. The number of amides is 1. The van der Waals surface area contributed by atoms with Gasteiger partial charge in [0.25, 0.3) is 0 Å². The number of hydrogen-bond acceptors (Lipinski definition) is 5. The monoisotopic (exact) mass is 483 g/mol. The lowest BCUT2D eigenvalue weighted by Crippen LogP contribution is -2.07. The van der Waals surface area contributed by atoms with Crippen molar-refractivity contribution < 1.29 is 4.79 Å². The molecule has 3 N–H and O–H groups in total. The van der Waals surface area contributed by atoms with Crippen molar-refractivity contribution in [2.24, 2.45) is 7.05 Å². The first-order valence-corrected chi connectivity index (χ1v) is 11.3. The van der Waals surface area contributed by atoms with Crippen LogP contribution >= 0.6 is 11.6 Å². The van der Waals surface area contributed by atoms with Crippen molar-refractivity contribution >= 4 is 45.9 Å². The highest BCUT2D eigenvalue weighted by molar-refractivity contribution is 6.33. The Bertz CT molecular complexity index is 1540. The SMILES string of the molecule is C=CC(=O)Nc1ccc(Cc2cc(Nc3ncc(Cl)c(-c4c[nH]c5ccccc45)n3)n(C)n2)cc1. The fourth-order valence-corrected chi connectivity index (χ4v) is 4.03. The summed E-state index contributed by atoms with van der Waals surface area (Å²) in [6.07, 6.45) is 5.37. The second-order valence-electron chi connectivity index (χ2n) is 7.97. The van der Waals surface area contributed by atoms with Crippen LogP contribution in [0.2, 0.25) is 5.02 Å². The number of nitrogens with one attached hydrogen (secondary N) is 3. The molecule has 0 saturated heterocycles. The lowest BCUT2D eigenvalue weighted by atomic mass is 10.1. The first-order valence-electron chi connectivity index (χ1n) is 10.9. The average molecular weight is 484 g/mol. The fraction of sp³-hybridized carbons (Fsp3) is 0.0769. The van der Waals surface area contributed by atoms with Gasteiger partial charge in [-0.2, -0.15) is 5.10 Å². The van der Waals surface area contributed by atoms with E-state index in [0.29, 0.717) is 28.8 Å². The topological polar surface area (TPSA) is 101 Å². The molecule has 0 aliphatic carbocycles. The summed E-state index contributed by atoms with van der Waals surface area (Å²) < 4.78 is 1.75. The maximum atomic E-state index is 11.4. The van der Waals surface area contributed by atoms with Crippen LogP contribution in [-0.2, 0) is 18.3 Å². The van der Waals surface area contributed by atoms with Crippen LogP contribution in [0.4, 0.5) is 17.5 Å². The van der Waals surface area contributed by atoms with Crippen molar-refractivity contribution in [1.29, 1.82) is 0 Å². The summed E-state index contributed by atoms with van der Waals surface area (Å²) in [5, 5.41) is 12.1. The predicted octanol–water partition coefficient (Wildman–Crippen LogP) is 5.47. The molecule has 9 heteroatoms. The molecular weight excluding hydrogens is 462 g/mol. The zero-order chi connectivity index (χ0) is 24.4. The molecule has 0 saturated carbocycles. The van der Waals surface area contributed by atoms with E-state index in [0.717, 1.165) is 33.5 Å². The highest BCUT2D eigenvalue weighted by Gasteiger charge is 2.14. The van der Waals surface area contributed by atoms with E-state index in [4.69, 9.17) is 11.6 Å². The number of hydrogen-bond donors (Lipinski definition) is 3. The number of benzene rings is 2. The van der Waals surface area contributed by atoms with Crippen LogP contribution in [0.1, 0.15) is 11.3 Å². The molecule has 5 aromatic rings. The number of aryl methyl sites for hydroxylation is 1. The Morgan fingerprint density at radius 1 is 1.20 bits per heavy atom. The number of rotatable bonds is 7. The minimum absolute atomic E-state index is 0.240. The van der Waals surface area contributed by atoms with Crippen LogP contribution in [0, 0.1) is 0 Å². The second kappa shape index (κ2) is 9.44. The third-order valence-electron chi connectivity index (χ3n) is 5.55. The van der Waals surface area contributed by atoms with E-state index < -0.39 is 0 Å². The summed E-state index contributed by atoms with van der Waals surface area (Å²) in [4.78, 5) is 23.7. The lowest BCUT2D eigenvalue weighted by molar-refractivity contribution is -0.111. The van der Waals surface area contributed by atoms with Crippen LogP contribution < -0.4 is 10.6 Å². The standard InChI is InChI=1S/C26H22ClN7O/c1-3-24(35)30-17-10-8-16(9-11-17)12-18-13-23(34(2)33-18)31-26-29-15-21(27)25(32-26)20-14-28-22-7-5-4-6-19(20)22/h3-11,13-15,28H,1,12H2,2H3,(H,30,35)(H,29,31,32). The lowest BCUT2D eigenvalue weighted by Gasteiger charge is -2.07. The molecule has 5 rings (SSSR count). The Morgan fingerprint density at radius 3 is 2.80 bits per heavy atom. The van der Waals surface area contributed by atoms with Crippen molar-refractivity contribution in [3.63, 3.8) is 0 Å². The zero-order valence-corrected chi connectivity index (χ0v) is 19.7. The maximum Gasteiger partial charge on any atom is 0.247 e. The number of aromatic nitrogens is 5. The molecule has 35 heavy (non-hydrogen) atoms. The number of anilines is 3. The van der Waals surface area contributed by atoms with Crippen molar-refractivity contribution in [2.75, 3.05) is 10.6 Å². The Balaban J connectivity index is 1.34. The van der Waals surface area contributed by atoms with E-state index in [1.807, 2.05) is 67.8 Å². The molecule has 0 atom stereocenters. The van der Waals surface area contributed by atoms with E-state index >= 15 is 0 Å². The highest BCUT2D eigenvalue weighted by Crippen LogP contribution is 2.32. The normalized spacial score (nSPS) is 10.9. The van der Waals surface area contributed by atoms with Crippen LogP contribution in [0.15, 0.2) is 79.6 Å². The van der Waals surface area contributed by atoms with Gasteiger partial charge in [-0.25, -0.2) is 9.97 Å². The maximum absolute atomic E-state index is 11.4. The zero-order valence-electron chi connectivity index (χ0n) is 18.9. The van der Waals surface area contributed by atoms with Gasteiger partial charge in [0.15, 0.2) is 0 Å². The summed E-state index contributed by atoms with van der Waals surface area (Å²) in [5.41, 5.74) is 5.23. The number of nitrogens with zero attached hydrogens (tertiary/aromatic N) is 4. The molecule has 0 bridgehead atoms. The molecule has 2 aromatic carbocycles. The Kier molecular flexibility index (Phi) is 6.03. The summed E-state index contributed by atoms with van der Waals surface area (Å²) in [5.74, 6) is 0.934. The quantitative estimate of drug-likeness (QED) is 0.266. The number of carbonyl (C=O) groups excluding carboxylic acids is 1. The van der Waals surface area contributed by atoms with E-state index in [1.54, 1.807) is 10.9 Å². The molecule has 0 fully saturated rings. The van der Waals surface area contributed by atoms with Crippen molar-refractivity contribution in [2.45, 2.75) is 6.42 Å². The van der Waals surface area contributed by atoms with Gasteiger partial charge in [0.2, 0.25) is 11.9 Å². The first-order chi connectivity index (χ1) is 17.0. The molecule has 0 aliphatic rings. The average Bonchev–Trinajstić information content (AvgIpc) is 3.44. The van der Waals surface area contributed by atoms with E-state index in [1.165, 1.54) is 6.08 Å². The number of carbonyl (C=O) groups is 1. The van der Waals surface area contributed by atoms with E-state index in [9.17, 15) is 4.79 Å². The molecular formula is C26H22ClN7O. The molecule has 1 amide bonds. The smallest absolute Gasteiger partial charge is 0.247 e. The predicted molar refractivity (Wildman–Crippen MR) is 139 cm³/mol. The van der Waals surface area contributed by atoms with Gasteiger partial charge in [0.05, 0.1) is 22.6 Å². The second-order valence-corrected chi connectivity index (χ2v) is 8.38. The van der Waals surface area contributed by atoms with Crippen LogP contribution in [-0.4, -0.2) is 30.6 Å². The van der Waals surface area contributed by atoms with E-state index in [2.05, 4.69) is 37.3 Å². The van der Waals surface area contributed by atoms with Gasteiger partial charge >= 0.3 is 0 Å². The molecule has 0 unspecified atom stereocenters. The first kappa shape index (κ1) is 22.4. The van der Waals surface area contributed by atoms with Crippen LogP contribution in [0.5, 0.6) is 0 Å². The summed E-state index contributed by atoms with van der Waals surface area (Å²) >= 11 is 6.45. The van der Waals surface area contributed by atoms with Gasteiger partial charge in [-0.3, -0.25) is 9.48 Å². The molecule has 8 nitrogen and oxygen atoms in total. The third kappa shape index (κ3) is 4.78. The van der Waals surface area contributed by atoms with Gasteiger partial charge in [0.1, 0.15) is 5.82 Å². The van der Waals surface area contributed by atoms with Gasteiger partial charge in [-0.05, 0) is 29.8 Å². The van der Waals surface area contributed by atoms with Gasteiger partial charge in [-0.1, -0.05) is 48.5 Å². The molecule has 0 aliphatic heterocycles. The van der Waals surface area contributed by atoms with E-state index in [-0.39, 0.29) is 5.91 Å². The summed E-state index contributed by atoms with van der Waals surface area (Å²) in [7, 11) is 1.86. The van der Waals surface area contributed by atoms with Crippen molar-refractivity contribution in [3.05, 3.63) is 95.9 Å². The molecule has 3 heterocycles. The van der Waals surface area contributed by atoms with Crippen LogP contribution in [0.25, 0.3) is 22.2 Å².